The van der Waals surface area contributed by atoms with Crippen LogP contribution >= 0.6 is 0 Å². The maximum atomic E-state index is 5.63. The number of hydrogen-bond donors (Lipinski definition) is 0. The van der Waals surface area contributed by atoms with Crippen LogP contribution in [-0.4, -0.2) is 28.4 Å². The zero-order valence-corrected chi connectivity index (χ0v) is 33.8. The first kappa shape index (κ1) is 37.9. The first-order valence-corrected chi connectivity index (χ1v) is 18.3. The number of ether oxygens (including phenoxy) is 4. The summed E-state index contributed by atoms with van der Waals surface area (Å²) in [6.45, 7) is 17.2. The first-order valence-electron chi connectivity index (χ1n) is 18.3. The molecular weight excluding hydrogens is 669 g/mol. The van der Waals surface area contributed by atoms with E-state index in [0.717, 1.165) is 113 Å². The molecule has 0 heterocycles. The summed E-state index contributed by atoms with van der Waals surface area (Å²) in [5, 5.41) is 0. The molecule has 0 amide bonds. The summed E-state index contributed by atoms with van der Waals surface area (Å²) >= 11 is 0. The second-order valence-corrected chi connectivity index (χ2v) is 14.2. The van der Waals surface area contributed by atoms with Crippen LogP contribution in [0.4, 0.5) is 34.1 Å². The van der Waals surface area contributed by atoms with Crippen LogP contribution in [0.15, 0.2) is 97.1 Å². The van der Waals surface area contributed by atoms with Crippen LogP contribution in [0.1, 0.15) is 44.5 Å². The zero-order valence-electron chi connectivity index (χ0n) is 33.8. The van der Waals surface area contributed by atoms with Gasteiger partial charge in [-0.25, -0.2) is 0 Å². The molecule has 6 aromatic rings. The maximum absolute atomic E-state index is 5.63. The van der Waals surface area contributed by atoms with Crippen molar-refractivity contribution in [2.24, 2.45) is 0 Å². The molecule has 6 heteroatoms. The molecule has 0 bridgehead atoms. The molecule has 6 nitrogen and oxygen atoms in total. The summed E-state index contributed by atoms with van der Waals surface area (Å²) in [7, 11) is 6.87. The third kappa shape index (κ3) is 7.21. The van der Waals surface area contributed by atoms with Gasteiger partial charge in [-0.2, -0.15) is 0 Å². The molecule has 54 heavy (non-hydrogen) atoms. The van der Waals surface area contributed by atoms with Crippen molar-refractivity contribution in [3.63, 3.8) is 0 Å². The fourth-order valence-corrected chi connectivity index (χ4v) is 7.89. The number of methoxy groups -OCH3 is 4. The van der Waals surface area contributed by atoms with E-state index in [1.54, 1.807) is 28.4 Å². The van der Waals surface area contributed by atoms with E-state index in [1.807, 2.05) is 0 Å². The Hall–Kier alpha value is -5.88. The number of rotatable bonds is 11. The smallest absolute Gasteiger partial charge is 0.119 e. The normalized spacial score (nSPS) is 11.0. The number of hydrogen-bond acceptors (Lipinski definition) is 6. The Balaban J connectivity index is 1.43. The average molecular weight is 721 g/mol. The van der Waals surface area contributed by atoms with Crippen LogP contribution in [0.5, 0.6) is 23.0 Å². The minimum absolute atomic E-state index is 0.851. The summed E-state index contributed by atoms with van der Waals surface area (Å²) in [5.41, 5.74) is 18.0. The molecule has 0 fully saturated rings. The van der Waals surface area contributed by atoms with Crippen molar-refractivity contribution in [2.75, 3.05) is 38.2 Å². The van der Waals surface area contributed by atoms with Crippen LogP contribution in [0.25, 0.3) is 11.1 Å². The van der Waals surface area contributed by atoms with Gasteiger partial charge in [-0.1, -0.05) is 24.3 Å². The molecule has 0 aliphatic rings. The van der Waals surface area contributed by atoms with Crippen molar-refractivity contribution in [1.29, 1.82) is 0 Å². The summed E-state index contributed by atoms with van der Waals surface area (Å²) in [6, 6.07) is 34.6. The molecule has 0 saturated heterocycles. The quantitative estimate of drug-likeness (QED) is 0.133. The van der Waals surface area contributed by atoms with Crippen LogP contribution in [0.3, 0.4) is 0 Å². The number of nitrogens with zero attached hydrogens (tertiary/aromatic N) is 2. The van der Waals surface area contributed by atoms with Gasteiger partial charge >= 0.3 is 0 Å². The van der Waals surface area contributed by atoms with Gasteiger partial charge in [-0.3, -0.25) is 0 Å². The van der Waals surface area contributed by atoms with Gasteiger partial charge in [0.2, 0.25) is 0 Å². The topological polar surface area (TPSA) is 43.4 Å². The predicted octanol–water partition coefficient (Wildman–Crippen LogP) is 12.8. The summed E-state index contributed by atoms with van der Waals surface area (Å²) in [5.74, 6) is 3.40. The SMILES string of the molecule is COc1cc(C)c(N(c2ccc(-c3ccc(N(c4c(C)cc(OC)cc4C)c4c(C)cc(OC)cc4C)cc3)cc2)c2c(C)cc(OC)cc2C)c(C)c1. The minimum atomic E-state index is 0.851. The van der Waals surface area contributed by atoms with Crippen LogP contribution < -0.4 is 28.7 Å². The number of benzene rings is 6. The van der Waals surface area contributed by atoms with Gasteiger partial charge in [0.05, 0.1) is 51.2 Å². The highest BCUT2D eigenvalue weighted by molar-refractivity contribution is 5.87. The number of anilines is 6. The fourth-order valence-electron chi connectivity index (χ4n) is 7.89. The highest BCUT2D eigenvalue weighted by Crippen LogP contribution is 2.46. The lowest BCUT2D eigenvalue weighted by atomic mass is 9.99. The molecule has 0 spiro atoms. The van der Waals surface area contributed by atoms with E-state index in [9.17, 15) is 0 Å². The highest BCUT2D eigenvalue weighted by atomic mass is 16.5. The lowest BCUT2D eigenvalue weighted by Gasteiger charge is -2.32. The van der Waals surface area contributed by atoms with Gasteiger partial charge in [0.1, 0.15) is 23.0 Å². The van der Waals surface area contributed by atoms with Crippen molar-refractivity contribution in [3.8, 4) is 34.1 Å². The summed E-state index contributed by atoms with van der Waals surface area (Å²) in [6.07, 6.45) is 0. The molecular formula is C48H52N2O4. The van der Waals surface area contributed by atoms with Gasteiger partial charge in [0.25, 0.3) is 0 Å². The lowest BCUT2D eigenvalue weighted by Crippen LogP contribution is -2.16. The predicted molar refractivity (Wildman–Crippen MR) is 225 cm³/mol. The zero-order chi connectivity index (χ0) is 38.8. The van der Waals surface area contributed by atoms with Crippen molar-refractivity contribution in [2.45, 2.75) is 55.4 Å². The number of aryl methyl sites for hydroxylation is 8. The molecule has 0 aromatic heterocycles. The molecule has 6 rings (SSSR count). The van der Waals surface area contributed by atoms with Crippen molar-refractivity contribution in [1.82, 2.24) is 0 Å². The largest absolute Gasteiger partial charge is 0.497 e. The Morgan fingerprint density at radius 1 is 0.296 bits per heavy atom. The van der Waals surface area contributed by atoms with E-state index in [1.165, 1.54) is 0 Å². The Morgan fingerprint density at radius 2 is 0.481 bits per heavy atom. The molecule has 278 valence electrons. The van der Waals surface area contributed by atoms with E-state index in [4.69, 9.17) is 18.9 Å². The lowest BCUT2D eigenvalue weighted by molar-refractivity contribution is 0.414. The molecule has 6 aromatic carbocycles. The van der Waals surface area contributed by atoms with Crippen molar-refractivity contribution in [3.05, 3.63) is 142 Å². The summed E-state index contributed by atoms with van der Waals surface area (Å²) in [4.78, 5) is 4.75. The average Bonchev–Trinajstić information content (AvgIpc) is 3.15. The molecule has 0 unspecified atom stereocenters. The molecule has 0 aliphatic heterocycles. The van der Waals surface area contributed by atoms with Gasteiger partial charge in [0, 0.05) is 11.4 Å². The molecule has 0 atom stereocenters. The van der Waals surface area contributed by atoms with Crippen molar-refractivity contribution >= 4 is 34.1 Å². The fraction of sp³-hybridized carbons (Fsp3) is 0.250. The Morgan fingerprint density at radius 3 is 0.648 bits per heavy atom. The van der Waals surface area contributed by atoms with E-state index in [-0.39, 0.29) is 0 Å². The van der Waals surface area contributed by atoms with E-state index in [0.29, 0.717) is 0 Å². The molecule has 0 saturated carbocycles. The van der Waals surface area contributed by atoms with E-state index >= 15 is 0 Å². The second kappa shape index (κ2) is 15.6. The van der Waals surface area contributed by atoms with Gasteiger partial charge < -0.3 is 28.7 Å². The second-order valence-electron chi connectivity index (χ2n) is 14.2. The molecule has 0 aliphatic carbocycles. The van der Waals surface area contributed by atoms with Crippen LogP contribution in [0.2, 0.25) is 0 Å². The Kier molecular flexibility index (Phi) is 10.9. The standard InChI is InChI=1S/C48H52N2O4/c1-29-21-41(51-9)22-30(2)45(29)49(46-31(3)23-42(52-10)24-32(46)4)39-17-13-37(14-18-39)38-15-19-40(20-16-38)50(47-33(5)25-43(53-11)26-34(47)6)48-35(7)27-44(54-12)28-36(48)8/h13-28H,1-12H3. The first-order chi connectivity index (χ1) is 25.9. The monoisotopic (exact) mass is 720 g/mol. The molecule has 0 N–H and O–H groups in total. The van der Waals surface area contributed by atoms with Crippen LogP contribution in [0, 0.1) is 55.4 Å². The van der Waals surface area contributed by atoms with Gasteiger partial charge in [0.15, 0.2) is 0 Å². The highest BCUT2D eigenvalue weighted by Gasteiger charge is 2.24. The minimum Gasteiger partial charge on any atom is -0.497 e. The van der Waals surface area contributed by atoms with Crippen molar-refractivity contribution < 1.29 is 18.9 Å². The maximum Gasteiger partial charge on any atom is 0.119 e. The Bertz CT molecular complexity index is 1930. The van der Waals surface area contributed by atoms with Gasteiger partial charge in [-0.15, -0.1) is 0 Å². The Labute approximate surface area is 321 Å². The molecule has 0 radical (unpaired) electrons. The van der Waals surface area contributed by atoms with E-state index < -0.39 is 0 Å². The third-order valence-corrected chi connectivity index (χ3v) is 10.3. The van der Waals surface area contributed by atoms with E-state index in [2.05, 4.69) is 162 Å². The van der Waals surface area contributed by atoms with Crippen LogP contribution in [-0.2, 0) is 0 Å². The summed E-state index contributed by atoms with van der Waals surface area (Å²) < 4.78 is 22.5. The van der Waals surface area contributed by atoms with Gasteiger partial charge in [-0.05, 0) is 184 Å². The third-order valence-electron chi connectivity index (χ3n) is 10.3.